The van der Waals surface area contributed by atoms with E-state index in [1.54, 1.807) is 6.20 Å². The van der Waals surface area contributed by atoms with Gasteiger partial charge in [0.2, 0.25) is 0 Å². The van der Waals surface area contributed by atoms with Gasteiger partial charge in [-0.15, -0.1) is 0 Å². The fraction of sp³-hybridized carbons (Fsp3) is 0.615. The Bertz CT molecular complexity index is 354. The molecular weight excluding hydrogens is 203 g/mol. The van der Waals surface area contributed by atoms with Gasteiger partial charge in [-0.05, 0) is 36.3 Å². The normalized spacial score (nSPS) is 27.7. The van der Waals surface area contributed by atoms with E-state index in [1.165, 1.54) is 25.1 Å². The van der Waals surface area contributed by atoms with Gasteiger partial charge >= 0.3 is 0 Å². The van der Waals surface area contributed by atoms with Gasteiger partial charge in [0.05, 0.1) is 6.20 Å². The number of nitrogens with zero attached hydrogens (tertiary/aromatic N) is 1. The Morgan fingerprint density at radius 1 is 1.44 bits per heavy atom. The third-order valence-electron chi connectivity index (χ3n) is 3.60. The van der Waals surface area contributed by atoms with Gasteiger partial charge in [0.15, 0.2) is 0 Å². The van der Waals surface area contributed by atoms with Crippen LogP contribution in [0.3, 0.4) is 0 Å². The molecule has 2 rings (SSSR count). The van der Waals surface area contributed by atoms with Crippen LogP contribution < -0.4 is 5.73 Å². The highest BCUT2D eigenvalue weighted by Gasteiger charge is 2.25. The van der Waals surface area contributed by atoms with Crippen LogP contribution >= 0.6 is 0 Å². The Labute approximate surface area is 96.1 Å². The molecule has 2 nitrogen and oxygen atoms in total. The van der Waals surface area contributed by atoms with E-state index in [0.717, 1.165) is 24.3 Å². The molecule has 3 unspecified atom stereocenters. The van der Waals surface area contributed by atoms with E-state index in [4.69, 9.17) is 5.73 Å². The molecule has 1 saturated carbocycles. The average Bonchev–Trinajstić information content (AvgIpc) is 2.28. The number of hydrogen-bond donors (Lipinski definition) is 1. The van der Waals surface area contributed by atoms with Crippen molar-refractivity contribution in [2.24, 2.45) is 17.6 Å². The van der Waals surface area contributed by atoms with E-state index in [2.05, 4.69) is 11.9 Å². The van der Waals surface area contributed by atoms with Crippen molar-refractivity contribution in [2.45, 2.75) is 38.6 Å². The average molecular weight is 222 g/mol. The van der Waals surface area contributed by atoms with E-state index in [-0.39, 0.29) is 11.9 Å². The molecule has 16 heavy (non-hydrogen) atoms. The summed E-state index contributed by atoms with van der Waals surface area (Å²) in [6.45, 7) is 2.27. The lowest BCUT2D eigenvalue weighted by atomic mass is 9.77. The second kappa shape index (κ2) is 4.91. The number of halogens is 1. The number of aromatic nitrogens is 1. The molecule has 0 spiro atoms. The van der Waals surface area contributed by atoms with Gasteiger partial charge in [-0.1, -0.05) is 19.8 Å². The van der Waals surface area contributed by atoms with E-state index in [1.807, 2.05) is 0 Å². The summed E-state index contributed by atoms with van der Waals surface area (Å²) in [4.78, 5) is 3.86. The van der Waals surface area contributed by atoms with Crippen LogP contribution in [0, 0.1) is 17.7 Å². The predicted molar refractivity (Wildman–Crippen MR) is 62.2 cm³/mol. The lowest BCUT2D eigenvalue weighted by molar-refractivity contribution is 0.247. The fourth-order valence-corrected chi connectivity index (χ4v) is 2.69. The van der Waals surface area contributed by atoms with Gasteiger partial charge in [0.25, 0.3) is 0 Å². The summed E-state index contributed by atoms with van der Waals surface area (Å²) in [6, 6.07) is 1.45. The van der Waals surface area contributed by atoms with Crippen molar-refractivity contribution < 1.29 is 4.39 Å². The molecule has 1 aromatic heterocycles. The van der Waals surface area contributed by atoms with Crippen molar-refractivity contribution >= 4 is 0 Å². The van der Waals surface area contributed by atoms with Crippen LogP contribution in [-0.4, -0.2) is 4.98 Å². The van der Waals surface area contributed by atoms with E-state index in [0.29, 0.717) is 5.92 Å². The summed E-state index contributed by atoms with van der Waals surface area (Å²) in [5, 5.41) is 0. The zero-order valence-electron chi connectivity index (χ0n) is 9.70. The van der Waals surface area contributed by atoms with Crippen LogP contribution in [0.4, 0.5) is 4.39 Å². The molecule has 0 aromatic carbocycles. The van der Waals surface area contributed by atoms with Crippen LogP contribution in [-0.2, 0) is 0 Å². The van der Waals surface area contributed by atoms with Crippen molar-refractivity contribution in [3.05, 3.63) is 29.8 Å². The lowest BCUT2D eigenvalue weighted by Gasteiger charge is -2.31. The Morgan fingerprint density at radius 2 is 2.25 bits per heavy atom. The largest absolute Gasteiger partial charge is 0.324 e. The first-order valence-electron chi connectivity index (χ1n) is 6.03. The Morgan fingerprint density at radius 3 is 2.94 bits per heavy atom. The number of hydrogen-bond acceptors (Lipinski definition) is 2. The monoisotopic (exact) mass is 222 g/mol. The van der Waals surface area contributed by atoms with Gasteiger partial charge in [0.1, 0.15) is 5.82 Å². The molecule has 3 heteroatoms. The highest BCUT2D eigenvalue weighted by atomic mass is 19.1. The second-order valence-electron chi connectivity index (χ2n) is 4.99. The molecule has 0 saturated heterocycles. The second-order valence-corrected chi connectivity index (χ2v) is 4.99. The third kappa shape index (κ3) is 2.59. The van der Waals surface area contributed by atoms with Gasteiger partial charge in [0, 0.05) is 12.2 Å². The molecule has 0 bridgehead atoms. The van der Waals surface area contributed by atoms with Crippen LogP contribution in [0.25, 0.3) is 0 Å². The summed E-state index contributed by atoms with van der Waals surface area (Å²) < 4.78 is 13.1. The standard InChI is InChI=1S/C13H19FN2/c1-9-3-2-4-10(5-9)13(15)11-6-12(14)8-16-7-11/h6-10,13H,2-5,15H2,1H3. The van der Waals surface area contributed by atoms with Gasteiger partial charge in [-0.2, -0.15) is 0 Å². The molecule has 1 fully saturated rings. The molecular formula is C13H19FN2. The van der Waals surface area contributed by atoms with Crippen molar-refractivity contribution in [3.8, 4) is 0 Å². The summed E-state index contributed by atoms with van der Waals surface area (Å²) in [7, 11) is 0. The smallest absolute Gasteiger partial charge is 0.141 e. The van der Waals surface area contributed by atoms with E-state index < -0.39 is 0 Å². The van der Waals surface area contributed by atoms with Crippen LogP contribution in [0.1, 0.15) is 44.2 Å². The molecule has 1 aromatic rings. The Hall–Kier alpha value is -0.960. The summed E-state index contributed by atoms with van der Waals surface area (Å²) in [5.74, 6) is 0.926. The Balaban J connectivity index is 2.09. The topological polar surface area (TPSA) is 38.9 Å². The molecule has 0 aliphatic heterocycles. The predicted octanol–water partition coefficient (Wildman–Crippen LogP) is 3.05. The maximum Gasteiger partial charge on any atom is 0.141 e. The summed E-state index contributed by atoms with van der Waals surface area (Å²) in [5.41, 5.74) is 7.03. The minimum absolute atomic E-state index is 0.0639. The zero-order valence-corrected chi connectivity index (χ0v) is 9.70. The molecule has 0 amide bonds. The van der Waals surface area contributed by atoms with Crippen LogP contribution in [0.2, 0.25) is 0 Å². The van der Waals surface area contributed by atoms with Crippen molar-refractivity contribution in [1.82, 2.24) is 4.98 Å². The van der Waals surface area contributed by atoms with Crippen molar-refractivity contribution in [3.63, 3.8) is 0 Å². The lowest BCUT2D eigenvalue weighted by Crippen LogP contribution is -2.26. The zero-order chi connectivity index (χ0) is 11.5. The first-order valence-corrected chi connectivity index (χ1v) is 6.03. The van der Waals surface area contributed by atoms with Crippen LogP contribution in [0.15, 0.2) is 18.5 Å². The number of nitrogens with two attached hydrogens (primary N) is 1. The first kappa shape index (κ1) is 11.5. The Kier molecular flexibility index (Phi) is 3.54. The van der Waals surface area contributed by atoms with Gasteiger partial charge < -0.3 is 5.73 Å². The maximum absolute atomic E-state index is 13.1. The highest BCUT2D eigenvalue weighted by Crippen LogP contribution is 2.35. The first-order chi connectivity index (χ1) is 7.66. The number of pyridine rings is 1. The summed E-state index contributed by atoms with van der Waals surface area (Å²) in [6.07, 6.45) is 7.75. The molecule has 1 heterocycles. The molecule has 2 N–H and O–H groups in total. The molecule has 1 aliphatic carbocycles. The molecule has 3 atom stereocenters. The molecule has 88 valence electrons. The minimum atomic E-state index is -0.295. The summed E-state index contributed by atoms with van der Waals surface area (Å²) >= 11 is 0. The fourth-order valence-electron chi connectivity index (χ4n) is 2.69. The maximum atomic E-state index is 13.1. The third-order valence-corrected chi connectivity index (χ3v) is 3.60. The van der Waals surface area contributed by atoms with E-state index in [9.17, 15) is 4.39 Å². The van der Waals surface area contributed by atoms with Crippen molar-refractivity contribution in [2.75, 3.05) is 0 Å². The SMILES string of the molecule is CC1CCCC(C(N)c2cncc(F)c2)C1. The minimum Gasteiger partial charge on any atom is -0.324 e. The molecule has 1 aliphatic rings. The van der Waals surface area contributed by atoms with Crippen LogP contribution in [0.5, 0.6) is 0 Å². The quantitative estimate of drug-likeness (QED) is 0.835. The van der Waals surface area contributed by atoms with Gasteiger partial charge in [-0.25, -0.2) is 4.39 Å². The number of rotatable bonds is 2. The van der Waals surface area contributed by atoms with Gasteiger partial charge in [-0.3, -0.25) is 4.98 Å². The molecule has 0 radical (unpaired) electrons. The van der Waals surface area contributed by atoms with Crippen molar-refractivity contribution in [1.29, 1.82) is 0 Å². The highest BCUT2D eigenvalue weighted by molar-refractivity contribution is 5.15. The van der Waals surface area contributed by atoms with E-state index >= 15 is 0 Å².